The van der Waals surface area contributed by atoms with Gasteiger partial charge in [0.05, 0.1) is 6.04 Å². The van der Waals surface area contributed by atoms with E-state index >= 15 is 0 Å². The van der Waals surface area contributed by atoms with Crippen LogP contribution in [0.5, 0.6) is 0 Å². The molecule has 0 aliphatic heterocycles. The first-order chi connectivity index (χ1) is 8.11. The number of rotatable bonds is 2. The predicted molar refractivity (Wildman–Crippen MR) is 73.7 cm³/mol. The fourth-order valence-electron chi connectivity index (χ4n) is 1.86. The molecule has 1 nitrogen and oxygen atoms in total. The fourth-order valence-corrected chi connectivity index (χ4v) is 2.29. The van der Waals surface area contributed by atoms with Gasteiger partial charge < -0.3 is 5.73 Å². The van der Waals surface area contributed by atoms with E-state index in [9.17, 15) is 0 Å². The largest absolute Gasteiger partial charge is 0.320 e. The molecule has 2 aromatic rings. The summed E-state index contributed by atoms with van der Waals surface area (Å²) in [5.41, 5.74) is 9.17. The van der Waals surface area contributed by atoms with Crippen LogP contribution in [0.15, 0.2) is 42.5 Å². The summed E-state index contributed by atoms with van der Waals surface area (Å²) in [7, 11) is 0. The van der Waals surface area contributed by atoms with Gasteiger partial charge >= 0.3 is 0 Å². The molecule has 0 aromatic heterocycles. The van der Waals surface area contributed by atoms with Crippen LogP contribution in [0.1, 0.15) is 22.7 Å². The maximum Gasteiger partial charge on any atom is 0.0569 e. The highest BCUT2D eigenvalue weighted by Crippen LogP contribution is 2.30. The van der Waals surface area contributed by atoms with Crippen LogP contribution in [0.4, 0.5) is 0 Å². The van der Waals surface area contributed by atoms with Crippen LogP contribution < -0.4 is 5.73 Å². The van der Waals surface area contributed by atoms with E-state index in [-0.39, 0.29) is 6.04 Å². The Bertz CT molecular complexity index is 537. The van der Waals surface area contributed by atoms with Gasteiger partial charge in [-0.1, -0.05) is 53.5 Å². The Hall–Kier alpha value is -1.02. The minimum atomic E-state index is -0.248. The SMILES string of the molecule is Cc1c(Cl)cccc1C(N)c1ccccc1Cl. The molecule has 3 heteroatoms. The van der Waals surface area contributed by atoms with Crippen LogP contribution in [-0.2, 0) is 0 Å². The van der Waals surface area contributed by atoms with Gasteiger partial charge in [-0.25, -0.2) is 0 Å². The van der Waals surface area contributed by atoms with Crippen molar-refractivity contribution in [2.75, 3.05) is 0 Å². The number of benzene rings is 2. The average Bonchev–Trinajstić information content (AvgIpc) is 2.32. The fraction of sp³-hybridized carbons (Fsp3) is 0.143. The summed E-state index contributed by atoms with van der Waals surface area (Å²) < 4.78 is 0. The van der Waals surface area contributed by atoms with Crippen molar-refractivity contribution in [2.24, 2.45) is 5.73 Å². The number of nitrogens with two attached hydrogens (primary N) is 1. The molecule has 88 valence electrons. The van der Waals surface area contributed by atoms with Crippen molar-refractivity contribution >= 4 is 23.2 Å². The Labute approximate surface area is 111 Å². The molecular formula is C14H13Cl2N. The zero-order chi connectivity index (χ0) is 12.4. The van der Waals surface area contributed by atoms with Crippen molar-refractivity contribution in [1.82, 2.24) is 0 Å². The first kappa shape index (κ1) is 12.4. The normalized spacial score (nSPS) is 12.5. The van der Waals surface area contributed by atoms with E-state index in [1.807, 2.05) is 49.4 Å². The molecule has 1 unspecified atom stereocenters. The van der Waals surface area contributed by atoms with E-state index in [4.69, 9.17) is 28.9 Å². The summed E-state index contributed by atoms with van der Waals surface area (Å²) >= 11 is 12.2. The third kappa shape index (κ3) is 2.47. The molecule has 2 rings (SSSR count). The molecule has 0 radical (unpaired) electrons. The van der Waals surface area contributed by atoms with E-state index in [0.29, 0.717) is 5.02 Å². The summed E-state index contributed by atoms with van der Waals surface area (Å²) in [6, 6.07) is 13.1. The Balaban J connectivity index is 2.48. The summed E-state index contributed by atoms with van der Waals surface area (Å²) in [5.74, 6) is 0. The number of hydrogen-bond donors (Lipinski definition) is 1. The minimum Gasteiger partial charge on any atom is -0.320 e. The summed E-state index contributed by atoms with van der Waals surface area (Å²) in [4.78, 5) is 0. The summed E-state index contributed by atoms with van der Waals surface area (Å²) in [6.45, 7) is 1.97. The lowest BCUT2D eigenvalue weighted by molar-refractivity contribution is 0.862. The van der Waals surface area contributed by atoms with Gasteiger partial charge in [0, 0.05) is 10.0 Å². The van der Waals surface area contributed by atoms with Crippen molar-refractivity contribution in [1.29, 1.82) is 0 Å². The van der Waals surface area contributed by atoms with Gasteiger partial charge in [0.25, 0.3) is 0 Å². The third-order valence-corrected chi connectivity index (χ3v) is 3.64. The first-order valence-electron chi connectivity index (χ1n) is 5.36. The van der Waals surface area contributed by atoms with Crippen molar-refractivity contribution in [3.05, 3.63) is 69.2 Å². The van der Waals surface area contributed by atoms with E-state index in [0.717, 1.165) is 21.7 Å². The lowest BCUT2D eigenvalue weighted by Crippen LogP contribution is -2.13. The zero-order valence-corrected chi connectivity index (χ0v) is 11.0. The second-order valence-corrected chi connectivity index (χ2v) is 4.77. The second kappa shape index (κ2) is 5.09. The lowest BCUT2D eigenvalue weighted by Gasteiger charge is -2.17. The molecule has 0 saturated carbocycles. The maximum absolute atomic E-state index is 6.24. The Kier molecular flexibility index (Phi) is 3.72. The molecule has 0 heterocycles. The molecule has 0 bridgehead atoms. The van der Waals surface area contributed by atoms with Crippen LogP contribution >= 0.6 is 23.2 Å². The maximum atomic E-state index is 6.24. The van der Waals surface area contributed by atoms with E-state index in [1.165, 1.54) is 0 Å². The van der Waals surface area contributed by atoms with Gasteiger partial charge in [-0.15, -0.1) is 0 Å². The predicted octanol–water partition coefficient (Wildman–Crippen LogP) is 4.35. The van der Waals surface area contributed by atoms with Gasteiger partial charge in [-0.2, -0.15) is 0 Å². The Morgan fingerprint density at radius 3 is 2.18 bits per heavy atom. The first-order valence-corrected chi connectivity index (χ1v) is 6.12. The molecule has 0 amide bonds. The summed E-state index contributed by atoms with van der Waals surface area (Å²) in [6.07, 6.45) is 0. The van der Waals surface area contributed by atoms with Crippen LogP contribution in [0.3, 0.4) is 0 Å². The highest BCUT2D eigenvalue weighted by molar-refractivity contribution is 6.32. The summed E-state index contributed by atoms with van der Waals surface area (Å²) in [5, 5.41) is 1.41. The van der Waals surface area contributed by atoms with E-state index in [1.54, 1.807) is 0 Å². The molecule has 0 aliphatic carbocycles. The van der Waals surface area contributed by atoms with Crippen molar-refractivity contribution < 1.29 is 0 Å². The molecule has 0 fully saturated rings. The number of hydrogen-bond acceptors (Lipinski definition) is 1. The highest BCUT2D eigenvalue weighted by atomic mass is 35.5. The zero-order valence-electron chi connectivity index (χ0n) is 9.45. The van der Waals surface area contributed by atoms with Crippen LogP contribution in [-0.4, -0.2) is 0 Å². The molecule has 2 N–H and O–H groups in total. The molecule has 1 atom stereocenters. The minimum absolute atomic E-state index is 0.248. The van der Waals surface area contributed by atoms with Gasteiger partial charge in [-0.05, 0) is 35.7 Å². The standard InChI is InChI=1S/C14H13Cl2N/c1-9-10(6-4-8-12(9)15)14(17)11-5-2-3-7-13(11)16/h2-8,14H,17H2,1H3. The molecule has 0 aliphatic rings. The quantitative estimate of drug-likeness (QED) is 0.859. The van der Waals surface area contributed by atoms with Gasteiger partial charge in [0.15, 0.2) is 0 Å². The molecule has 0 saturated heterocycles. The van der Waals surface area contributed by atoms with Crippen LogP contribution in [0.2, 0.25) is 10.0 Å². The van der Waals surface area contributed by atoms with Crippen LogP contribution in [0.25, 0.3) is 0 Å². The molecular weight excluding hydrogens is 253 g/mol. The van der Waals surface area contributed by atoms with Gasteiger partial charge in [0.1, 0.15) is 0 Å². The highest BCUT2D eigenvalue weighted by Gasteiger charge is 2.14. The second-order valence-electron chi connectivity index (χ2n) is 3.95. The van der Waals surface area contributed by atoms with Gasteiger partial charge in [-0.3, -0.25) is 0 Å². The third-order valence-electron chi connectivity index (χ3n) is 2.88. The van der Waals surface area contributed by atoms with Gasteiger partial charge in [0.2, 0.25) is 0 Å². The lowest BCUT2D eigenvalue weighted by atomic mass is 9.96. The Morgan fingerprint density at radius 1 is 0.882 bits per heavy atom. The van der Waals surface area contributed by atoms with Crippen molar-refractivity contribution in [3.63, 3.8) is 0 Å². The average molecular weight is 266 g/mol. The number of halogens is 2. The monoisotopic (exact) mass is 265 g/mol. The molecule has 0 spiro atoms. The van der Waals surface area contributed by atoms with Crippen molar-refractivity contribution in [3.8, 4) is 0 Å². The van der Waals surface area contributed by atoms with E-state index < -0.39 is 0 Å². The Morgan fingerprint density at radius 2 is 1.47 bits per heavy atom. The van der Waals surface area contributed by atoms with Crippen LogP contribution in [0, 0.1) is 6.92 Å². The smallest absolute Gasteiger partial charge is 0.0569 e. The molecule has 17 heavy (non-hydrogen) atoms. The van der Waals surface area contributed by atoms with E-state index in [2.05, 4.69) is 0 Å². The molecule has 2 aromatic carbocycles. The topological polar surface area (TPSA) is 26.0 Å². The van der Waals surface area contributed by atoms with Crippen molar-refractivity contribution in [2.45, 2.75) is 13.0 Å².